The minimum absolute atomic E-state index is 0.0805. The van der Waals surface area contributed by atoms with Gasteiger partial charge in [-0.3, -0.25) is 10.2 Å². The van der Waals surface area contributed by atoms with Gasteiger partial charge in [0.05, 0.1) is 5.57 Å². The maximum Gasteiger partial charge on any atom is 0.283 e. The molecule has 0 fully saturated rings. The van der Waals surface area contributed by atoms with Crippen LogP contribution >= 0.6 is 11.8 Å². The monoisotopic (exact) mass is 441 g/mol. The number of hydrazone groups is 1. The smallest absolute Gasteiger partial charge is 0.283 e. The average Bonchev–Trinajstić information content (AvgIpc) is 3.42. The van der Waals surface area contributed by atoms with Crippen LogP contribution in [-0.4, -0.2) is 31.5 Å². The van der Waals surface area contributed by atoms with E-state index in [0.29, 0.717) is 11.7 Å². The van der Waals surface area contributed by atoms with Gasteiger partial charge in [-0.05, 0) is 59.1 Å². The summed E-state index contributed by atoms with van der Waals surface area (Å²) in [5, 5.41) is 18.4. The van der Waals surface area contributed by atoms with Crippen molar-refractivity contribution in [3.8, 4) is 0 Å². The Balaban J connectivity index is 1.44. The summed E-state index contributed by atoms with van der Waals surface area (Å²) in [5.41, 5.74) is 2.31. The van der Waals surface area contributed by atoms with E-state index in [9.17, 15) is 4.79 Å². The number of amides is 1. The third-order valence-corrected chi connectivity index (χ3v) is 6.59. The van der Waals surface area contributed by atoms with Gasteiger partial charge in [-0.1, -0.05) is 55.8 Å². The van der Waals surface area contributed by atoms with Gasteiger partial charge in [0.15, 0.2) is 5.84 Å². The van der Waals surface area contributed by atoms with Gasteiger partial charge in [0.25, 0.3) is 5.91 Å². The van der Waals surface area contributed by atoms with Crippen LogP contribution in [-0.2, 0) is 11.3 Å². The van der Waals surface area contributed by atoms with E-state index < -0.39 is 5.91 Å². The molecular formula is C25H23N5OS. The second-order valence-corrected chi connectivity index (χ2v) is 8.86. The van der Waals surface area contributed by atoms with Crippen LogP contribution in [0.3, 0.4) is 0 Å². The van der Waals surface area contributed by atoms with Crippen molar-refractivity contribution in [1.29, 1.82) is 5.41 Å². The number of carbonyl (C=O) groups excluding carboxylic acids is 1. The lowest BCUT2D eigenvalue weighted by molar-refractivity contribution is -0.114. The van der Waals surface area contributed by atoms with Crippen molar-refractivity contribution in [3.05, 3.63) is 77.6 Å². The number of fused-ring (bicyclic) bond motifs is 2. The van der Waals surface area contributed by atoms with Gasteiger partial charge >= 0.3 is 0 Å². The molecule has 2 aliphatic rings. The number of unbranched alkanes of at least 4 members (excludes halogenated alkanes) is 1. The van der Waals surface area contributed by atoms with Gasteiger partial charge in [-0.15, -0.1) is 0 Å². The Hall–Kier alpha value is -3.45. The molecule has 0 atom stereocenters. The van der Waals surface area contributed by atoms with Crippen molar-refractivity contribution in [1.82, 2.24) is 9.58 Å². The highest BCUT2D eigenvalue weighted by molar-refractivity contribution is 8.26. The Morgan fingerprint density at radius 1 is 1.09 bits per heavy atom. The molecule has 1 amide bonds. The summed E-state index contributed by atoms with van der Waals surface area (Å²) in [6, 6.07) is 18.5. The van der Waals surface area contributed by atoms with E-state index in [-0.39, 0.29) is 11.4 Å². The number of hydrogen-bond donors (Lipinski definition) is 1. The van der Waals surface area contributed by atoms with Crippen molar-refractivity contribution in [2.45, 2.75) is 32.7 Å². The van der Waals surface area contributed by atoms with Crippen molar-refractivity contribution in [2.75, 3.05) is 0 Å². The molecule has 2 aliphatic heterocycles. The predicted octanol–water partition coefficient (Wildman–Crippen LogP) is 5.50. The third-order valence-electron chi connectivity index (χ3n) is 5.62. The second kappa shape index (κ2) is 8.59. The first-order valence-corrected chi connectivity index (χ1v) is 11.6. The molecule has 3 aromatic rings. The van der Waals surface area contributed by atoms with Crippen molar-refractivity contribution in [2.24, 2.45) is 10.1 Å². The molecule has 160 valence electrons. The molecule has 1 aromatic heterocycles. The van der Waals surface area contributed by atoms with E-state index >= 15 is 0 Å². The number of thioether (sulfide) groups is 1. The van der Waals surface area contributed by atoms with Gasteiger partial charge in [-0.25, -0.2) is 0 Å². The highest BCUT2D eigenvalue weighted by Gasteiger charge is 2.35. The highest BCUT2D eigenvalue weighted by Crippen LogP contribution is 2.30. The number of hydrogen-bond acceptors (Lipinski definition) is 4. The second-order valence-electron chi connectivity index (χ2n) is 7.82. The molecule has 0 aliphatic carbocycles. The van der Waals surface area contributed by atoms with Gasteiger partial charge < -0.3 is 4.57 Å². The Bertz CT molecular complexity index is 1310. The zero-order valence-corrected chi connectivity index (χ0v) is 18.6. The van der Waals surface area contributed by atoms with Gasteiger partial charge in [0.2, 0.25) is 5.17 Å². The van der Waals surface area contributed by atoms with E-state index in [1.165, 1.54) is 33.1 Å². The van der Waals surface area contributed by atoms with Crippen molar-refractivity contribution in [3.63, 3.8) is 0 Å². The number of amidine groups is 2. The fourth-order valence-electron chi connectivity index (χ4n) is 3.92. The summed E-state index contributed by atoms with van der Waals surface area (Å²) in [6.07, 6.45) is 6.68. The largest absolute Gasteiger partial charge is 0.344 e. The van der Waals surface area contributed by atoms with Crippen LogP contribution in [0.25, 0.3) is 16.8 Å². The molecule has 0 saturated heterocycles. The first kappa shape index (κ1) is 20.5. The predicted molar refractivity (Wildman–Crippen MR) is 132 cm³/mol. The Labute approximate surface area is 190 Å². The Morgan fingerprint density at radius 3 is 2.81 bits per heavy atom. The maximum atomic E-state index is 12.7. The Kier molecular flexibility index (Phi) is 5.49. The molecule has 6 nitrogen and oxygen atoms in total. The average molecular weight is 442 g/mol. The van der Waals surface area contributed by atoms with Gasteiger partial charge in [0, 0.05) is 18.4 Å². The zero-order valence-electron chi connectivity index (χ0n) is 17.8. The van der Waals surface area contributed by atoms with E-state index in [0.717, 1.165) is 30.0 Å². The zero-order chi connectivity index (χ0) is 22.1. The summed E-state index contributed by atoms with van der Waals surface area (Å²) in [4.78, 5) is 16.9. The van der Waals surface area contributed by atoms with E-state index in [4.69, 9.17) is 5.41 Å². The van der Waals surface area contributed by atoms with Crippen LogP contribution < -0.4 is 0 Å². The molecule has 0 radical (unpaired) electrons. The molecule has 0 saturated carbocycles. The lowest BCUT2D eigenvalue weighted by atomic mass is 10.0. The van der Waals surface area contributed by atoms with Crippen LogP contribution in [0.5, 0.6) is 0 Å². The fourth-order valence-corrected chi connectivity index (χ4v) is 4.85. The molecule has 3 heterocycles. The number of carbonyl (C=O) groups is 1. The molecule has 2 aromatic carbocycles. The van der Waals surface area contributed by atoms with E-state index in [1.807, 2.05) is 30.5 Å². The standard InChI is InChI=1S/C25H23N5OS/c1-2-3-13-22-28-30-23(26)21(24(31)27-25(30)32-22)15-19-11-7-14-29(19)16-18-10-6-9-17-8-4-5-12-20(17)18/h4-12,14-15,26H,2-3,13,16H2,1H3/b21-15-,26-23?. The molecule has 1 N–H and O–H groups in total. The molecule has 7 heteroatoms. The molecule has 0 bridgehead atoms. The van der Waals surface area contributed by atoms with Crippen LogP contribution in [0.1, 0.15) is 37.4 Å². The van der Waals surface area contributed by atoms with Crippen molar-refractivity contribution >= 4 is 50.6 Å². The van der Waals surface area contributed by atoms with Crippen LogP contribution in [0.2, 0.25) is 0 Å². The minimum atomic E-state index is -0.390. The molecular weight excluding hydrogens is 418 g/mol. The summed E-state index contributed by atoms with van der Waals surface area (Å²) < 4.78 is 2.09. The molecule has 5 rings (SSSR count). The van der Waals surface area contributed by atoms with E-state index in [2.05, 4.69) is 51.9 Å². The SMILES string of the molecule is CCCCC1=NN2C(=N)/C(=C/c3cccn3Cc3cccc4ccccc34)C(=O)N=C2S1. The lowest BCUT2D eigenvalue weighted by Gasteiger charge is -2.20. The van der Waals surface area contributed by atoms with Gasteiger partial charge in [0.1, 0.15) is 5.04 Å². The third kappa shape index (κ3) is 3.80. The topological polar surface area (TPSA) is 73.8 Å². The molecule has 0 unspecified atom stereocenters. The summed E-state index contributed by atoms with van der Waals surface area (Å²) >= 11 is 1.39. The number of nitrogens with one attached hydrogen (secondary N) is 1. The van der Waals surface area contributed by atoms with Gasteiger partial charge in [-0.2, -0.15) is 15.1 Å². The quantitative estimate of drug-likeness (QED) is 0.513. The first-order valence-electron chi connectivity index (χ1n) is 10.7. The summed E-state index contributed by atoms with van der Waals surface area (Å²) in [7, 11) is 0. The molecule has 32 heavy (non-hydrogen) atoms. The lowest BCUT2D eigenvalue weighted by Crippen LogP contribution is -2.35. The first-order chi connectivity index (χ1) is 15.6. The van der Waals surface area contributed by atoms with E-state index in [1.54, 1.807) is 6.08 Å². The van der Waals surface area contributed by atoms with Crippen molar-refractivity contribution < 1.29 is 4.79 Å². The number of benzene rings is 2. The Morgan fingerprint density at radius 2 is 1.94 bits per heavy atom. The number of nitrogens with zero attached hydrogens (tertiary/aromatic N) is 4. The van der Waals surface area contributed by atoms with Crippen LogP contribution in [0, 0.1) is 5.41 Å². The maximum absolute atomic E-state index is 12.7. The van der Waals surface area contributed by atoms with Crippen LogP contribution in [0.4, 0.5) is 0 Å². The van der Waals surface area contributed by atoms with Crippen LogP contribution in [0.15, 0.2) is 76.5 Å². The minimum Gasteiger partial charge on any atom is -0.344 e. The normalized spacial score (nSPS) is 17.2. The highest BCUT2D eigenvalue weighted by atomic mass is 32.2. The summed E-state index contributed by atoms with van der Waals surface area (Å²) in [6.45, 7) is 2.80. The summed E-state index contributed by atoms with van der Waals surface area (Å²) in [5.74, 6) is -0.310. The fraction of sp³-hybridized carbons (Fsp3) is 0.200. The number of aliphatic imine (C=N–C) groups is 1. The number of aromatic nitrogens is 1. The number of rotatable bonds is 6. The molecule has 0 spiro atoms.